The van der Waals surface area contributed by atoms with Crippen molar-refractivity contribution in [2.45, 2.75) is 13.8 Å². The summed E-state index contributed by atoms with van der Waals surface area (Å²) in [6.45, 7) is 3.17. The number of rotatable bonds is 2. The number of carbonyl (C=O) groups excluding carboxylic acids is 4. The molecule has 0 saturated heterocycles. The SMILES string of the molecule is C/C=C/C(=O)NC(=O)C(=O)NC(=O)/C=C/C. The zero-order valence-corrected chi connectivity index (χ0v) is 8.94. The van der Waals surface area contributed by atoms with Crippen LogP contribution in [0.15, 0.2) is 24.3 Å². The van der Waals surface area contributed by atoms with Crippen LogP contribution in [0.3, 0.4) is 0 Å². The van der Waals surface area contributed by atoms with Crippen LogP contribution < -0.4 is 10.6 Å². The summed E-state index contributed by atoms with van der Waals surface area (Å²) < 4.78 is 0. The lowest BCUT2D eigenvalue weighted by molar-refractivity contribution is -0.143. The summed E-state index contributed by atoms with van der Waals surface area (Å²) in [5.74, 6) is -3.80. The molecule has 6 heteroatoms. The van der Waals surface area contributed by atoms with Crippen LogP contribution in [-0.4, -0.2) is 23.6 Å². The van der Waals surface area contributed by atoms with Crippen LogP contribution in [0.1, 0.15) is 13.8 Å². The van der Waals surface area contributed by atoms with Gasteiger partial charge in [0.05, 0.1) is 0 Å². The first-order chi connectivity index (χ1) is 7.51. The fourth-order valence-electron chi connectivity index (χ4n) is 0.723. The summed E-state index contributed by atoms with van der Waals surface area (Å²) in [5, 5.41) is 3.55. The topological polar surface area (TPSA) is 92.3 Å². The molecule has 0 aliphatic rings. The third-order valence-electron chi connectivity index (χ3n) is 1.32. The fourth-order valence-corrected chi connectivity index (χ4v) is 0.723. The van der Waals surface area contributed by atoms with E-state index in [-0.39, 0.29) is 0 Å². The number of carbonyl (C=O) groups is 4. The van der Waals surface area contributed by atoms with Gasteiger partial charge in [-0.25, -0.2) is 0 Å². The van der Waals surface area contributed by atoms with Crippen molar-refractivity contribution in [1.82, 2.24) is 10.6 Å². The molecule has 0 bridgehead atoms. The van der Waals surface area contributed by atoms with E-state index >= 15 is 0 Å². The van der Waals surface area contributed by atoms with Crippen LogP contribution in [0.2, 0.25) is 0 Å². The van der Waals surface area contributed by atoms with E-state index in [0.29, 0.717) is 0 Å². The van der Waals surface area contributed by atoms with Crippen LogP contribution in [-0.2, 0) is 19.2 Å². The van der Waals surface area contributed by atoms with Crippen molar-refractivity contribution in [1.29, 1.82) is 0 Å². The van der Waals surface area contributed by atoms with E-state index in [2.05, 4.69) is 0 Å². The molecule has 86 valence electrons. The highest BCUT2D eigenvalue weighted by atomic mass is 16.2. The van der Waals surface area contributed by atoms with Crippen LogP contribution in [0.25, 0.3) is 0 Å². The lowest BCUT2D eigenvalue weighted by Gasteiger charge is -2.00. The van der Waals surface area contributed by atoms with Crippen molar-refractivity contribution in [3.8, 4) is 0 Å². The van der Waals surface area contributed by atoms with E-state index in [1.807, 2.05) is 0 Å². The standard InChI is InChI=1S/C10H12N2O4/c1-3-5-7(13)11-9(15)10(16)12-8(14)6-4-2/h3-6H,1-2H3,(H,11,13,15)(H,12,14,16)/b5-3+,6-4+. The Labute approximate surface area is 92.4 Å². The monoisotopic (exact) mass is 224 g/mol. The van der Waals surface area contributed by atoms with E-state index in [1.54, 1.807) is 24.5 Å². The van der Waals surface area contributed by atoms with Gasteiger partial charge < -0.3 is 0 Å². The summed E-state index contributed by atoms with van der Waals surface area (Å²) in [5.41, 5.74) is 0. The lowest BCUT2D eigenvalue weighted by Crippen LogP contribution is -2.43. The van der Waals surface area contributed by atoms with Gasteiger partial charge in [-0.2, -0.15) is 0 Å². The lowest BCUT2D eigenvalue weighted by atomic mass is 10.4. The molecule has 0 unspecified atom stereocenters. The van der Waals surface area contributed by atoms with Gasteiger partial charge in [0.25, 0.3) is 11.8 Å². The second kappa shape index (κ2) is 7.10. The zero-order chi connectivity index (χ0) is 12.6. The highest BCUT2D eigenvalue weighted by Gasteiger charge is 2.16. The summed E-state index contributed by atoms with van der Waals surface area (Å²) >= 11 is 0. The van der Waals surface area contributed by atoms with E-state index in [1.165, 1.54) is 12.2 Å². The Hall–Kier alpha value is -2.24. The van der Waals surface area contributed by atoms with Gasteiger partial charge in [0, 0.05) is 0 Å². The highest BCUT2D eigenvalue weighted by molar-refractivity contribution is 6.40. The first-order valence-electron chi connectivity index (χ1n) is 4.47. The smallest absolute Gasteiger partial charge is 0.284 e. The first-order valence-corrected chi connectivity index (χ1v) is 4.47. The zero-order valence-electron chi connectivity index (χ0n) is 8.94. The molecule has 0 aliphatic carbocycles. The van der Waals surface area contributed by atoms with Crippen LogP contribution in [0.4, 0.5) is 0 Å². The Morgan fingerprint density at radius 2 is 1.06 bits per heavy atom. The van der Waals surface area contributed by atoms with Crippen molar-refractivity contribution in [3.05, 3.63) is 24.3 Å². The van der Waals surface area contributed by atoms with Crippen LogP contribution >= 0.6 is 0 Å². The maximum atomic E-state index is 11.0. The number of hydrogen-bond donors (Lipinski definition) is 2. The third kappa shape index (κ3) is 5.48. The molecule has 2 N–H and O–H groups in total. The maximum absolute atomic E-state index is 11.0. The molecule has 0 aromatic rings. The second-order valence-corrected chi connectivity index (χ2v) is 2.64. The quantitative estimate of drug-likeness (QED) is 0.485. The minimum absolute atomic E-state index is 0.721. The Bertz CT molecular complexity index is 333. The number of allylic oxidation sites excluding steroid dienone is 2. The largest absolute Gasteiger partial charge is 0.316 e. The third-order valence-corrected chi connectivity index (χ3v) is 1.32. The van der Waals surface area contributed by atoms with Crippen molar-refractivity contribution >= 4 is 23.6 Å². The van der Waals surface area contributed by atoms with E-state index in [4.69, 9.17) is 0 Å². The van der Waals surface area contributed by atoms with Gasteiger partial charge in [-0.3, -0.25) is 29.8 Å². The minimum atomic E-state index is -1.18. The minimum Gasteiger partial charge on any atom is -0.284 e. The fraction of sp³-hybridized carbons (Fsp3) is 0.200. The molecule has 6 nitrogen and oxygen atoms in total. The molecule has 0 aliphatic heterocycles. The molecule has 0 fully saturated rings. The molecule has 16 heavy (non-hydrogen) atoms. The van der Waals surface area contributed by atoms with Gasteiger partial charge in [-0.15, -0.1) is 0 Å². The molecule has 0 radical (unpaired) electrons. The maximum Gasteiger partial charge on any atom is 0.316 e. The molecule has 0 rings (SSSR count). The van der Waals surface area contributed by atoms with Gasteiger partial charge in [0.2, 0.25) is 0 Å². The molecule has 0 atom stereocenters. The van der Waals surface area contributed by atoms with E-state index < -0.39 is 23.6 Å². The number of nitrogens with one attached hydrogen (secondary N) is 2. The number of amides is 4. The molecular formula is C10H12N2O4. The Kier molecular flexibility index (Phi) is 6.11. The summed E-state index contributed by atoms with van der Waals surface area (Å²) in [6, 6.07) is 0. The molecule has 0 spiro atoms. The molecule has 0 aromatic carbocycles. The normalized spacial score (nSPS) is 10.4. The average molecular weight is 224 g/mol. The second-order valence-electron chi connectivity index (χ2n) is 2.64. The molecule has 4 amide bonds. The first kappa shape index (κ1) is 13.8. The van der Waals surface area contributed by atoms with Gasteiger partial charge in [0.15, 0.2) is 0 Å². The summed E-state index contributed by atoms with van der Waals surface area (Å²) in [6.07, 6.45) is 4.98. The Morgan fingerprint density at radius 1 is 0.750 bits per heavy atom. The van der Waals surface area contributed by atoms with Crippen LogP contribution in [0.5, 0.6) is 0 Å². The molecule has 0 saturated carbocycles. The van der Waals surface area contributed by atoms with Crippen molar-refractivity contribution in [2.75, 3.05) is 0 Å². The molecule has 0 heterocycles. The molecular weight excluding hydrogens is 212 g/mol. The van der Waals surface area contributed by atoms with Gasteiger partial charge in [0.1, 0.15) is 0 Å². The predicted octanol–water partition coefficient (Wildman–Crippen LogP) is -0.576. The summed E-state index contributed by atoms with van der Waals surface area (Å²) in [7, 11) is 0. The number of imide groups is 2. The average Bonchev–Trinajstić information content (AvgIpc) is 2.17. The summed E-state index contributed by atoms with van der Waals surface area (Å²) in [4.78, 5) is 43.8. The van der Waals surface area contributed by atoms with E-state index in [9.17, 15) is 19.2 Å². The van der Waals surface area contributed by atoms with Crippen LogP contribution in [0, 0.1) is 0 Å². The number of hydrogen-bond acceptors (Lipinski definition) is 4. The van der Waals surface area contributed by atoms with Gasteiger partial charge >= 0.3 is 11.8 Å². The molecule has 0 aromatic heterocycles. The van der Waals surface area contributed by atoms with Crippen molar-refractivity contribution < 1.29 is 19.2 Å². The Morgan fingerprint density at radius 3 is 1.31 bits per heavy atom. The highest BCUT2D eigenvalue weighted by Crippen LogP contribution is 1.77. The van der Waals surface area contributed by atoms with Gasteiger partial charge in [-0.1, -0.05) is 12.2 Å². The van der Waals surface area contributed by atoms with E-state index in [0.717, 1.165) is 12.2 Å². The Balaban J connectivity index is 4.25. The van der Waals surface area contributed by atoms with Crippen molar-refractivity contribution in [2.24, 2.45) is 0 Å². The van der Waals surface area contributed by atoms with Crippen molar-refractivity contribution in [3.63, 3.8) is 0 Å². The van der Waals surface area contributed by atoms with Gasteiger partial charge in [-0.05, 0) is 26.0 Å². The predicted molar refractivity (Wildman–Crippen MR) is 55.9 cm³/mol.